The fourth-order valence-corrected chi connectivity index (χ4v) is 4.58. The van der Waals surface area contributed by atoms with E-state index in [-0.39, 0.29) is 0 Å². The number of benzene rings is 1. The topological polar surface area (TPSA) is 15.3 Å². The standard InChI is InChI=1S/C16H22Br2N2/c17-13-5-6-15(18)14(11-13)16(12-3-1-2-4-12)20-9-7-19-8-10-20/h5-6,11-12,16,19H,1-4,7-10H2/t16-/m1/s1. The van der Waals surface area contributed by atoms with Crippen LogP contribution in [0.2, 0.25) is 0 Å². The van der Waals surface area contributed by atoms with E-state index in [1.54, 1.807) is 0 Å². The molecule has 2 nitrogen and oxygen atoms in total. The van der Waals surface area contributed by atoms with Crippen LogP contribution in [0.5, 0.6) is 0 Å². The normalized spacial score (nSPS) is 23.1. The molecule has 0 spiro atoms. The largest absolute Gasteiger partial charge is 0.314 e. The molecule has 1 heterocycles. The Balaban J connectivity index is 1.92. The number of hydrogen-bond acceptors (Lipinski definition) is 2. The second kappa shape index (κ2) is 6.91. The van der Waals surface area contributed by atoms with E-state index in [4.69, 9.17) is 0 Å². The summed E-state index contributed by atoms with van der Waals surface area (Å²) in [6.45, 7) is 4.57. The van der Waals surface area contributed by atoms with E-state index >= 15 is 0 Å². The van der Waals surface area contributed by atoms with Crippen molar-refractivity contribution in [3.8, 4) is 0 Å². The van der Waals surface area contributed by atoms with Crippen LogP contribution in [-0.4, -0.2) is 31.1 Å². The zero-order chi connectivity index (χ0) is 13.9. The quantitative estimate of drug-likeness (QED) is 0.809. The highest BCUT2D eigenvalue weighted by Crippen LogP contribution is 2.42. The highest BCUT2D eigenvalue weighted by Gasteiger charge is 2.32. The van der Waals surface area contributed by atoms with Gasteiger partial charge in [-0.3, -0.25) is 4.90 Å². The van der Waals surface area contributed by atoms with Gasteiger partial charge < -0.3 is 5.32 Å². The molecule has 0 unspecified atom stereocenters. The summed E-state index contributed by atoms with van der Waals surface area (Å²) in [7, 11) is 0. The number of nitrogens with one attached hydrogen (secondary N) is 1. The molecule has 0 aromatic heterocycles. The molecule has 20 heavy (non-hydrogen) atoms. The van der Waals surface area contributed by atoms with Crippen molar-refractivity contribution in [1.82, 2.24) is 10.2 Å². The van der Waals surface area contributed by atoms with E-state index in [1.165, 1.54) is 53.3 Å². The molecular formula is C16H22Br2N2. The smallest absolute Gasteiger partial charge is 0.0388 e. The van der Waals surface area contributed by atoms with Gasteiger partial charge in [-0.25, -0.2) is 0 Å². The first-order valence-electron chi connectivity index (χ1n) is 7.65. The van der Waals surface area contributed by atoms with Crippen molar-refractivity contribution in [2.45, 2.75) is 31.7 Å². The maximum Gasteiger partial charge on any atom is 0.0388 e. The Labute approximate surface area is 138 Å². The van der Waals surface area contributed by atoms with E-state index in [9.17, 15) is 0 Å². The monoisotopic (exact) mass is 400 g/mol. The molecular weight excluding hydrogens is 380 g/mol. The minimum absolute atomic E-state index is 0.575. The summed E-state index contributed by atoms with van der Waals surface area (Å²) < 4.78 is 2.45. The highest BCUT2D eigenvalue weighted by molar-refractivity contribution is 9.11. The number of hydrogen-bond donors (Lipinski definition) is 1. The average Bonchev–Trinajstić information content (AvgIpc) is 2.98. The maximum absolute atomic E-state index is 3.78. The summed E-state index contributed by atoms with van der Waals surface area (Å²) >= 11 is 7.43. The molecule has 2 fully saturated rings. The van der Waals surface area contributed by atoms with E-state index in [2.05, 4.69) is 60.3 Å². The molecule has 110 valence electrons. The fourth-order valence-electron chi connectivity index (χ4n) is 3.72. The molecule has 1 N–H and O–H groups in total. The van der Waals surface area contributed by atoms with Crippen LogP contribution in [0.3, 0.4) is 0 Å². The first-order chi connectivity index (χ1) is 9.75. The lowest BCUT2D eigenvalue weighted by Gasteiger charge is -2.39. The van der Waals surface area contributed by atoms with Gasteiger partial charge in [0, 0.05) is 41.2 Å². The third-order valence-corrected chi connectivity index (χ3v) is 5.88. The average molecular weight is 402 g/mol. The molecule has 1 aliphatic carbocycles. The van der Waals surface area contributed by atoms with Crippen molar-refractivity contribution in [2.75, 3.05) is 26.2 Å². The summed E-state index contributed by atoms with van der Waals surface area (Å²) in [6.07, 6.45) is 5.57. The molecule has 1 aliphatic heterocycles. The second-order valence-electron chi connectivity index (χ2n) is 5.94. The van der Waals surface area contributed by atoms with Crippen LogP contribution in [0.25, 0.3) is 0 Å². The van der Waals surface area contributed by atoms with Gasteiger partial charge in [-0.15, -0.1) is 0 Å². The summed E-state index contributed by atoms with van der Waals surface area (Å²) in [5, 5.41) is 3.47. The van der Waals surface area contributed by atoms with Gasteiger partial charge in [0.05, 0.1) is 0 Å². The zero-order valence-electron chi connectivity index (χ0n) is 11.7. The first-order valence-corrected chi connectivity index (χ1v) is 9.24. The lowest BCUT2D eigenvalue weighted by Crippen LogP contribution is -2.46. The predicted molar refractivity (Wildman–Crippen MR) is 91.0 cm³/mol. The van der Waals surface area contributed by atoms with Gasteiger partial charge in [0.1, 0.15) is 0 Å². The van der Waals surface area contributed by atoms with E-state index in [1.807, 2.05) is 0 Å². The number of rotatable bonds is 3. The minimum Gasteiger partial charge on any atom is -0.314 e. The van der Waals surface area contributed by atoms with Gasteiger partial charge in [0.2, 0.25) is 0 Å². The van der Waals surface area contributed by atoms with Crippen molar-refractivity contribution >= 4 is 31.9 Å². The van der Waals surface area contributed by atoms with E-state index in [0.29, 0.717) is 6.04 Å². The van der Waals surface area contributed by atoms with Crippen LogP contribution >= 0.6 is 31.9 Å². The van der Waals surface area contributed by atoms with Crippen molar-refractivity contribution in [2.24, 2.45) is 5.92 Å². The lowest BCUT2D eigenvalue weighted by molar-refractivity contribution is 0.125. The molecule has 3 rings (SSSR count). The highest BCUT2D eigenvalue weighted by atomic mass is 79.9. The Morgan fingerprint density at radius 1 is 1.10 bits per heavy atom. The number of nitrogens with zero attached hydrogens (tertiary/aromatic N) is 1. The third-order valence-electron chi connectivity index (χ3n) is 4.67. The number of piperazine rings is 1. The van der Waals surface area contributed by atoms with Crippen molar-refractivity contribution in [3.05, 3.63) is 32.7 Å². The van der Waals surface area contributed by atoms with Gasteiger partial charge in [0.25, 0.3) is 0 Å². The van der Waals surface area contributed by atoms with Crippen LogP contribution in [0.4, 0.5) is 0 Å². The van der Waals surface area contributed by atoms with Crippen LogP contribution < -0.4 is 5.32 Å². The number of halogens is 2. The van der Waals surface area contributed by atoms with Gasteiger partial charge in [-0.05, 0) is 42.5 Å². The Bertz CT molecular complexity index is 452. The molecule has 1 saturated carbocycles. The molecule has 0 bridgehead atoms. The van der Waals surface area contributed by atoms with Crippen LogP contribution in [0.1, 0.15) is 37.3 Å². The molecule has 1 saturated heterocycles. The van der Waals surface area contributed by atoms with E-state index < -0.39 is 0 Å². The molecule has 0 radical (unpaired) electrons. The molecule has 0 amide bonds. The van der Waals surface area contributed by atoms with Crippen molar-refractivity contribution in [3.63, 3.8) is 0 Å². The predicted octanol–water partition coefficient (Wildman–Crippen LogP) is 4.35. The zero-order valence-corrected chi connectivity index (χ0v) is 14.9. The van der Waals surface area contributed by atoms with Crippen molar-refractivity contribution < 1.29 is 0 Å². The molecule has 1 aromatic carbocycles. The Morgan fingerprint density at radius 2 is 1.80 bits per heavy atom. The summed E-state index contributed by atoms with van der Waals surface area (Å²) in [5.74, 6) is 0.818. The third kappa shape index (κ3) is 3.29. The van der Waals surface area contributed by atoms with Gasteiger partial charge in [-0.1, -0.05) is 44.7 Å². The summed E-state index contributed by atoms with van der Waals surface area (Å²) in [6, 6.07) is 7.20. The molecule has 4 heteroatoms. The fraction of sp³-hybridized carbons (Fsp3) is 0.625. The first kappa shape index (κ1) is 15.0. The summed E-state index contributed by atoms with van der Waals surface area (Å²) in [4.78, 5) is 2.69. The molecule has 1 aromatic rings. The van der Waals surface area contributed by atoms with E-state index in [0.717, 1.165) is 19.0 Å². The Kier molecular flexibility index (Phi) is 5.18. The van der Waals surface area contributed by atoms with Gasteiger partial charge in [-0.2, -0.15) is 0 Å². The summed E-state index contributed by atoms with van der Waals surface area (Å²) in [5.41, 5.74) is 1.47. The van der Waals surface area contributed by atoms with Gasteiger partial charge in [0.15, 0.2) is 0 Å². The van der Waals surface area contributed by atoms with Crippen LogP contribution in [0.15, 0.2) is 27.1 Å². The second-order valence-corrected chi connectivity index (χ2v) is 7.71. The Hall–Kier alpha value is 0.1000. The minimum atomic E-state index is 0.575. The SMILES string of the molecule is Brc1ccc(Br)c([C@@H](C2CCCC2)N2CCNCC2)c1. The lowest BCUT2D eigenvalue weighted by atomic mass is 9.90. The molecule has 1 atom stereocenters. The van der Waals surface area contributed by atoms with Crippen molar-refractivity contribution in [1.29, 1.82) is 0 Å². The van der Waals surface area contributed by atoms with Crippen LogP contribution in [0, 0.1) is 5.92 Å². The maximum atomic E-state index is 3.78. The van der Waals surface area contributed by atoms with Gasteiger partial charge >= 0.3 is 0 Å². The Morgan fingerprint density at radius 3 is 2.50 bits per heavy atom. The van der Waals surface area contributed by atoms with Crippen LogP contribution in [-0.2, 0) is 0 Å². The molecule has 2 aliphatic rings.